The van der Waals surface area contributed by atoms with Crippen LogP contribution in [0.1, 0.15) is 22.3 Å². The third-order valence-electron chi connectivity index (χ3n) is 12.8. The summed E-state index contributed by atoms with van der Waals surface area (Å²) in [6.07, 6.45) is 0. The van der Waals surface area contributed by atoms with Crippen LogP contribution >= 0.6 is 0 Å². The van der Waals surface area contributed by atoms with E-state index in [1.54, 1.807) is 0 Å². The van der Waals surface area contributed by atoms with Crippen LogP contribution in [0, 0.1) is 0 Å². The van der Waals surface area contributed by atoms with Gasteiger partial charge in [-0.1, -0.05) is 200 Å². The van der Waals surface area contributed by atoms with Gasteiger partial charge in [0.15, 0.2) is 0 Å². The lowest BCUT2D eigenvalue weighted by Crippen LogP contribution is -2.28. The second kappa shape index (κ2) is 14.1. The van der Waals surface area contributed by atoms with Crippen LogP contribution < -0.4 is 4.90 Å². The molecule has 2 nitrogen and oxygen atoms in total. The molecule has 0 saturated heterocycles. The molecule has 1 aromatic heterocycles. The highest BCUT2D eigenvalue weighted by Crippen LogP contribution is 2.57. The molecular weight excluding hydrogens is 739 g/mol. The molecule has 0 amide bonds. The maximum Gasteiger partial charge on any atom is 0.143 e. The largest absolute Gasteiger partial charge is 0.455 e. The van der Waals surface area contributed by atoms with Crippen LogP contribution in [0.3, 0.4) is 0 Å². The van der Waals surface area contributed by atoms with E-state index in [1.165, 1.54) is 55.3 Å². The average Bonchev–Trinajstić information content (AvgIpc) is 3.87. The number of anilines is 3. The molecule has 0 aliphatic heterocycles. The van der Waals surface area contributed by atoms with Gasteiger partial charge in [0.1, 0.15) is 11.2 Å². The molecule has 1 aliphatic carbocycles. The highest BCUT2D eigenvalue weighted by Gasteiger charge is 2.46. The summed E-state index contributed by atoms with van der Waals surface area (Å²) in [5.74, 6) is 0. The van der Waals surface area contributed by atoms with Crippen LogP contribution in [-0.4, -0.2) is 0 Å². The summed E-state index contributed by atoms with van der Waals surface area (Å²) in [6.45, 7) is 0. The fraction of sp³-hybridized carbons (Fsp3) is 0.0169. The fourth-order valence-electron chi connectivity index (χ4n) is 10.1. The minimum Gasteiger partial charge on any atom is -0.455 e. The summed E-state index contributed by atoms with van der Waals surface area (Å²) in [5.41, 5.74) is 16.8. The van der Waals surface area contributed by atoms with Gasteiger partial charge in [0.05, 0.1) is 11.1 Å². The van der Waals surface area contributed by atoms with Crippen molar-refractivity contribution in [2.75, 3.05) is 4.90 Å². The summed E-state index contributed by atoms with van der Waals surface area (Å²) in [6, 6.07) is 86.1. The maximum atomic E-state index is 6.50. The lowest BCUT2D eigenvalue weighted by atomic mass is 9.67. The van der Waals surface area contributed by atoms with Crippen molar-refractivity contribution in [1.29, 1.82) is 0 Å². The molecule has 0 atom stereocenters. The Morgan fingerprint density at radius 3 is 1.64 bits per heavy atom. The molecule has 0 radical (unpaired) electrons. The second-order valence-electron chi connectivity index (χ2n) is 16.0. The monoisotopic (exact) mass is 777 g/mol. The molecule has 0 unspecified atom stereocenters. The Balaban J connectivity index is 1.08. The van der Waals surface area contributed by atoms with Crippen molar-refractivity contribution >= 4 is 49.8 Å². The lowest BCUT2D eigenvalue weighted by Gasteiger charge is -2.35. The molecule has 10 aromatic carbocycles. The molecule has 61 heavy (non-hydrogen) atoms. The van der Waals surface area contributed by atoms with Crippen molar-refractivity contribution in [3.05, 3.63) is 259 Å². The summed E-state index contributed by atoms with van der Waals surface area (Å²) in [7, 11) is 0. The third-order valence-corrected chi connectivity index (χ3v) is 12.8. The summed E-state index contributed by atoms with van der Waals surface area (Å²) in [4.78, 5) is 2.44. The van der Waals surface area contributed by atoms with Crippen molar-refractivity contribution in [1.82, 2.24) is 0 Å². The Bertz CT molecular complexity index is 3370. The quantitative estimate of drug-likeness (QED) is 0.160. The van der Waals surface area contributed by atoms with Crippen molar-refractivity contribution < 1.29 is 4.42 Å². The highest BCUT2D eigenvalue weighted by atomic mass is 16.3. The molecule has 0 spiro atoms. The Morgan fingerprint density at radius 1 is 0.328 bits per heavy atom. The van der Waals surface area contributed by atoms with E-state index >= 15 is 0 Å². The summed E-state index contributed by atoms with van der Waals surface area (Å²) >= 11 is 0. The van der Waals surface area contributed by atoms with Crippen molar-refractivity contribution in [3.63, 3.8) is 0 Å². The standard InChI is InChI=1S/C59H39NO/c1-3-17-40(18-4-1)46-37-38-56(51-26-8-7-23-48(46)51)60(44-35-33-41(34-36-44)47-28-16-29-53-52-27-11-14-32-57(52)61-58(47)53)45-22-15-21-43(39-45)59(42-19-5-2-6-20-42)54-30-12-9-24-49(54)50-25-10-13-31-55(50)59/h1-39H. The number of para-hydroxylation sites is 2. The predicted octanol–water partition coefficient (Wildman–Crippen LogP) is 15.9. The molecule has 0 saturated carbocycles. The van der Waals surface area contributed by atoms with Gasteiger partial charge in [-0.2, -0.15) is 0 Å². The number of benzene rings is 10. The van der Waals surface area contributed by atoms with Crippen molar-refractivity contribution in [2.45, 2.75) is 5.41 Å². The number of hydrogen-bond acceptors (Lipinski definition) is 2. The molecule has 11 aromatic rings. The molecule has 12 rings (SSSR count). The minimum atomic E-state index is -0.523. The zero-order valence-electron chi connectivity index (χ0n) is 33.4. The van der Waals surface area contributed by atoms with E-state index in [2.05, 4.69) is 229 Å². The zero-order chi connectivity index (χ0) is 40.3. The number of furan rings is 1. The van der Waals surface area contributed by atoms with E-state index in [-0.39, 0.29) is 0 Å². The normalized spacial score (nSPS) is 12.7. The van der Waals surface area contributed by atoms with Gasteiger partial charge in [-0.05, 0) is 91.9 Å². The lowest BCUT2D eigenvalue weighted by molar-refractivity contribution is 0.670. The maximum absolute atomic E-state index is 6.50. The summed E-state index contributed by atoms with van der Waals surface area (Å²) in [5, 5.41) is 4.65. The van der Waals surface area contributed by atoms with Gasteiger partial charge in [-0.25, -0.2) is 0 Å². The molecule has 286 valence electrons. The van der Waals surface area contributed by atoms with E-state index in [1.807, 2.05) is 12.1 Å². The molecule has 0 fully saturated rings. The van der Waals surface area contributed by atoms with Crippen LogP contribution in [0.25, 0.3) is 66.1 Å². The fourth-order valence-corrected chi connectivity index (χ4v) is 10.1. The van der Waals surface area contributed by atoms with E-state index in [0.717, 1.165) is 50.1 Å². The minimum absolute atomic E-state index is 0.523. The van der Waals surface area contributed by atoms with Crippen LogP contribution in [0.2, 0.25) is 0 Å². The first-order valence-electron chi connectivity index (χ1n) is 21.0. The van der Waals surface area contributed by atoms with E-state index in [9.17, 15) is 0 Å². The first-order chi connectivity index (χ1) is 30.3. The van der Waals surface area contributed by atoms with E-state index < -0.39 is 5.41 Å². The Morgan fingerprint density at radius 2 is 0.885 bits per heavy atom. The van der Waals surface area contributed by atoms with Gasteiger partial charge in [0.2, 0.25) is 0 Å². The van der Waals surface area contributed by atoms with Gasteiger partial charge < -0.3 is 9.32 Å². The van der Waals surface area contributed by atoms with Crippen LogP contribution in [0.5, 0.6) is 0 Å². The van der Waals surface area contributed by atoms with Crippen LogP contribution in [0.4, 0.5) is 17.1 Å². The Hall–Kier alpha value is -7.94. The van der Waals surface area contributed by atoms with Gasteiger partial charge in [-0.3, -0.25) is 0 Å². The number of hydrogen-bond donors (Lipinski definition) is 0. The first-order valence-corrected chi connectivity index (χ1v) is 21.0. The first kappa shape index (κ1) is 35.0. The molecule has 1 aliphatic rings. The van der Waals surface area contributed by atoms with Gasteiger partial charge in [0, 0.05) is 33.1 Å². The van der Waals surface area contributed by atoms with Crippen molar-refractivity contribution in [3.8, 4) is 33.4 Å². The number of rotatable bonds is 7. The Labute approximate surface area is 355 Å². The molecule has 1 heterocycles. The van der Waals surface area contributed by atoms with Crippen molar-refractivity contribution in [2.24, 2.45) is 0 Å². The van der Waals surface area contributed by atoms with Crippen LogP contribution in [0.15, 0.2) is 241 Å². The zero-order valence-corrected chi connectivity index (χ0v) is 33.4. The Kier molecular flexibility index (Phi) is 8.11. The van der Waals surface area contributed by atoms with Gasteiger partial charge in [-0.15, -0.1) is 0 Å². The van der Waals surface area contributed by atoms with E-state index in [4.69, 9.17) is 4.42 Å². The van der Waals surface area contributed by atoms with Gasteiger partial charge in [0.25, 0.3) is 0 Å². The van der Waals surface area contributed by atoms with E-state index in [0.29, 0.717) is 0 Å². The molecule has 0 N–H and O–H groups in total. The summed E-state index contributed by atoms with van der Waals surface area (Å²) < 4.78 is 6.50. The van der Waals surface area contributed by atoms with Crippen LogP contribution in [-0.2, 0) is 5.41 Å². The molecule has 2 heteroatoms. The number of nitrogens with zero attached hydrogens (tertiary/aromatic N) is 1. The number of fused-ring (bicyclic) bond motifs is 7. The predicted molar refractivity (Wildman–Crippen MR) is 254 cm³/mol. The smallest absolute Gasteiger partial charge is 0.143 e. The second-order valence-corrected chi connectivity index (χ2v) is 16.0. The topological polar surface area (TPSA) is 16.4 Å². The SMILES string of the molecule is c1ccc(-c2ccc(N(c3ccc(-c4cccc5c4oc4ccccc45)cc3)c3cccc(C4(c5ccccc5)c5ccccc5-c5ccccc54)c3)c3ccccc23)cc1. The molecular formula is C59H39NO. The molecule has 0 bridgehead atoms. The van der Waals surface area contributed by atoms with Gasteiger partial charge >= 0.3 is 0 Å². The third kappa shape index (κ3) is 5.43. The highest BCUT2D eigenvalue weighted by molar-refractivity contribution is 6.10. The average molecular weight is 778 g/mol.